The number of nitrogens with one attached hydrogen (secondary N) is 1. The van der Waals surface area contributed by atoms with E-state index in [0.29, 0.717) is 24.5 Å². The number of pyridine rings is 1. The summed E-state index contributed by atoms with van der Waals surface area (Å²) in [5.74, 6) is 0.789. The fourth-order valence-corrected chi connectivity index (χ4v) is 1.59. The van der Waals surface area contributed by atoms with Gasteiger partial charge in [0.05, 0.1) is 5.69 Å². The van der Waals surface area contributed by atoms with Crippen LogP contribution in [0.2, 0.25) is 0 Å². The highest BCUT2D eigenvalue weighted by Crippen LogP contribution is 2.12. The summed E-state index contributed by atoms with van der Waals surface area (Å²) in [5.41, 5.74) is 6.33. The van der Waals surface area contributed by atoms with Gasteiger partial charge in [-0.2, -0.15) is 0 Å². The molecule has 0 bridgehead atoms. The zero-order chi connectivity index (χ0) is 12.7. The number of aromatic nitrogens is 1. The van der Waals surface area contributed by atoms with Crippen molar-refractivity contribution in [1.29, 1.82) is 0 Å². The van der Waals surface area contributed by atoms with Gasteiger partial charge in [-0.3, -0.25) is 4.79 Å². The van der Waals surface area contributed by atoms with Crippen LogP contribution in [0.4, 0.5) is 11.5 Å². The Hall–Kier alpha value is -1.78. The molecule has 0 saturated carbocycles. The Balaban J connectivity index is 2.38. The number of hydrogen-bond acceptors (Lipinski definition) is 4. The number of nitrogens with two attached hydrogens (primary N) is 1. The van der Waals surface area contributed by atoms with Crippen LogP contribution in [0, 0.1) is 0 Å². The summed E-state index contributed by atoms with van der Waals surface area (Å²) < 4.78 is 0. The smallest absolute Gasteiger partial charge is 0.224 e. The molecule has 0 unspecified atom stereocenters. The third-order valence-corrected chi connectivity index (χ3v) is 2.59. The average molecular weight is 236 g/mol. The number of anilines is 2. The molecule has 3 N–H and O–H groups in total. The minimum Gasteiger partial charge on any atom is -0.396 e. The van der Waals surface area contributed by atoms with Crippen LogP contribution in [0.3, 0.4) is 0 Å². The molecule has 5 nitrogen and oxygen atoms in total. The molecular weight excluding hydrogens is 216 g/mol. The molecule has 0 aliphatic rings. The molecule has 1 aromatic rings. The van der Waals surface area contributed by atoms with Gasteiger partial charge in [-0.15, -0.1) is 0 Å². The largest absolute Gasteiger partial charge is 0.396 e. The lowest BCUT2D eigenvalue weighted by atomic mass is 10.3. The van der Waals surface area contributed by atoms with Gasteiger partial charge in [0.25, 0.3) is 0 Å². The summed E-state index contributed by atoms with van der Waals surface area (Å²) in [4.78, 5) is 17.6. The molecule has 94 valence electrons. The van der Waals surface area contributed by atoms with E-state index in [0.717, 1.165) is 13.1 Å². The number of nitrogen functional groups attached to an aromatic ring is 1. The number of amides is 1. The number of rotatable bonds is 6. The van der Waals surface area contributed by atoms with Gasteiger partial charge in [0.2, 0.25) is 5.91 Å². The van der Waals surface area contributed by atoms with E-state index in [4.69, 9.17) is 5.73 Å². The third-order valence-electron chi connectivity index (χ3n) is 2.59. The van der Waals surface area contributed by atoms with Gasteiger partial charge < -0.3 is 16.0 Å². The van der Waals surface area contributed by atoms with Gasteiger partial charge in [0.1, 0.15) is 5.82 Å². The maximum absolute atomic E-state index is 11.7. The Morgan fingerprint density at radius 3 is 2.76 bits per heavy atom. The molecule has 0 aliphatic heterocycles. The average Bonchev–Trinajstić information content (AvgIpc) is 2.33. The van der Waals surface area contributed by atoms with Crippen molar-refractivity contribution in [2.45, 2.75) is 20.3 Å². The van der Waals surface area contributed by atoms with Gasteiger partial charge in [-0.05, 0) is 26.0 Å². The second-order valence-corrected chi connectivity index (χ2v) is 3.68. The topological polar surface area (TPSA) is 71.2 Å². The summed E-state index contributed by atoms with van der Waals surface area (Å²) in [5, 5.41) is 3.06. The van der Waals surface area contributed by atoms with Crippen molar-refractivity contribution in [3.05, 3.63) is 18.3 Å². The van der Waals surface area contributed by atoms with Crippen LogP contribution in [-0.4, -0.2) is 35.4 Å². The summed E-state index contributed by atoms with van der Waals surface area (Å²) >= 11 is 0. The van der Waals surface area contributed by atoms with E-state index in [1.165, 1.54) is 0 Å². The third kappa shape index (κ3) is 3.94. The predicted octanol–water partition coefficient (Wildman–Crippen LogP) is 1.33. The molecule has 0 atom stereocenters. The van der Waals surface area contributed by atoms with Crippen molar-refractivity contribution in [1.82, 2.24) is 9.88 Å². The van der Waals surface area contributed by atoms with Crippen LogP contribution in [0.25, 0.3) is 0 Å². The molecule has 0 fully saturated rings. The van der Waals surface area contributed by atoms with E-state index in [1.54, 1.807) is 18.3 Å². The fraction of sp³-hybridized carbons (Fsp3) is 0.500. The fourth-order valence-electron chi connectivity index (χ4n) is 1.59. The van der Waals surface area contributed by atoms with Crippen molar-refractivity contribution in [2.24, 2.45) is 0 Å². The van der Waals surface area contributed by atoms with Crippen molar-refractivity contribution in [2.75, 3.05) is 30.7 Å². The van der Waals surface area contributed by atoms with Crippen molar-refractivity contribution >= 4 is 17.4 Å². The van der Waals surface area contributed by atoms with Crippen molar-refractivity contribution in [3.63, 3.8) is 0 Å². The second-order valence-electron chi connectivity index (χ2n) is 3.68. The first-order valence-electron chi connectivity index (χ1n) is 5.91. The first-order valence-corrected chi connectivity index (χ1v) is 5.91. The predicted molar refractivity (Wildman–Crippen MR) is 69.7 cm³/mol. The van der Waals surface area contributed by atoms with Gasteiger partial charge >= 0.3 is 0 Å². The second kappa shape index (κ2) is 6.73. The first kappa shape index (κ1) is 13.3. The summed E-state index contributed by atoms with van der Waals surface area (Å²) in [6, 6.07) is 3.56. The highest BCUT2D eigenvalue weighted by Gasteiger charge is 2.08. The maximum Gasteiger partial charge on any atom is 0.224 e. The van der Waals surface area contributed by atoms with Crippen LogP contribution in [0.1, 0.15) is 20.3 Å². The van der Waals surface area contributed by atoms with Crippen LogP contribution in [0.5, 0.6) is 0 Å². The summed E-state index contributed by atoms with van der Waals surface area (Å²) in [7, 11) is 0. The zero-order valence-electron chi connectivity index (χ0n) is 10.4. The Morgan fingerprint density at radius 2 is 2.18 bits per heavy atom. The molecule has 0 aliphatic carbocycles. The lowest BCUT2D eigenvalue weighted by Gasteiger charge is -2.18. The molecule has 17 heavy (non-hydrogen) atoms. The van der Waals surface area contributed by atoms with E-state index in [-0.39, 0.29) is 5.91 Å². The van der Waals surface area contributed by atoms with Gasteiger partial charge in [-0.1, -0.05) is 0 Å². The van der Waals surface area contributed by atoms with Crippen molar-refractivity contribution < 1.29 is 4.79 Å². The van der Waals surface area contributed by atoms with E-state index >= 15 is 0 Å². The number of carbonyl (C=O) groups excluding carboxylic acids is 1. The SMILES string of the molecule is CCN(CC)C(=O)CCNc1ncccc1N. The van der Waals surface area contributed by atoms with Gasteiger partial charge in [-0.25, -0.2) is 4.98 Å². The standard InChI is InChI=1S/C12H20N4O/c1-3-16(4-2)11(17)7-9-15-12-10(13)6-5-8-14-12/h5-6,8H,3-4,7,9,13H2,1-2H3,(H,14,15). The van der Waals surface area contributed by atoms with Crippen LogP contribution in [0.15, 0.2) is 18.3 Å². The monoisotopic (exact) mass is 236 g/mol. The Morgan fingerprint density at radius 1 is 1.47 bits per heavy atom. The minimum absolute atomic E-state index is 0.150. The lowest BCUT2D eigenvalue weighted by molar-refractivity contribution is -0.130. The summed E-state index contributed by atoms with van der Waals surface area (Å²) in [6.07, 6.45) is 2.13. The normalized spacial score (nSPS) is 10.0. The molecular formula is C12H20N4O. The summed E-state index contributed by atoms with van der Waals surface area (Å²) in [6.45, 7) is 6.01. The van der Waals surface area contributed by atoms with Gasteiger partial charge in [0.15, 0.2) is 0 Å². The van der Waals surface area contributed by atoms with Crippen molar-refractivity contribution in [3.8, 4) is 0 Å². The van der Waals surface area contributed by atoms with Crippen LogP contribution in [-0.2, 0) is 4.79 Å². The Kier molecular flexibility index (Phi) is 5.26. The quantitative estimate of drug-likeness (QED) is 0.781. The molecule has 0 spiro atoms. The minimum atomic E-state index is 0.150. The Bertz CT molecular complexity index is 363. The maximum atomic E-state index is 11.7. The first-order chi connectivity index (χ1) is 8.19. The zero-order valence-corrected chi connectivity index (χ0v) is 10.4. The molecule has 1 rings (SSSR count). The molecule has 0 radical (unpaired) electrons. The number of nitrogens with zero attached hydrogens (tertiary/aromatic N) is 2. The highest BCUT2D eigenvalue weighted by atomic mass is 16.2. The molecule has 1 aromatic heterocycles. The molecule has 0 aromatic carbocycles. The van der Waals surface area contributed by atoms with Gasteiger partial charge in [0, 0.05) is 32.3 Å². The van der Waals surface area contributed by atoms with E-state index in [2.05, 4.69) is 10.3 Å². The Labute approximate surface area is 102 Å². The van der Waals surface area contributed by atoms with E-state index in [1.807, 2.05) is 18.7 Å². The molecule has 1 heterocycles. The lowest BCUT2D eigenvalue weighted by Crippen LogP contribution is -2.31. The van der Waals surface area contributed by atoms with E-state index in [9.17, 15) is 4.79 Å². The number of carbonyl (C=O) groups is 1. The van der Waals surface area contributed by atoms with Crippen LogP contribution >= 0.6 is 0 Å². The molecule has 0 saturated heterocycles. The van der Waals surface area contributed by atoms with E-state index < -0.39 is 0 Å². The molecule has 1 amide bonds. The van der Waals surface area contributed by atoms with Crippen LogP contribution < -0.4 is 11.1 Å². The number of hydrogen-bond donors (Lipinski definition) is 2. The molecule has 5 heteroatoms. The highest BCUT2D eigenvalue weighted by molar-refractivity contribution is 5.76.